The third kappa shape index (κ3) is 3.13. The number of benzene rings is 1. The van der Waals surface area contributed by atoms with Crippen LogP contribution in [0.15, 0.2) is 29.3 Å². The van der Waals surface area contributed by atoms with Crippen LogP contribution >= 0.6 is 0 Å². The van der Waals surface area contributed by atoms with Crippen molar-refractivity contribution in [2.45, 2.75) is 13.1 Å². The van der Waals surface area contributed by atoms with Gasteiger partial charge in [0.2, 0.25) is 0 Å². The van der Waals surface area contributed by atoms with Crippen LogP contribution in [0.1, 0.15) is 5.56 Å². The lowest BCUT2D eigenvalue weighted by Crippen LogP contribution is -2.20. The Balaban J connectivity index is 3.06. The van der Waals surface area contributed by atoms with E-state index in [-0.39, 0.29) is 5.69 Å². The third-order valence-corrected chi connectivity index (χ3v) is 1.68. The van der Waals surface area contributed by atoms with Crippen LogP contribution in [0.3, 0.4) is 0 Å². The fourth-order valence-corrected chi connectivity index (χ4v) is 0.926. The summed E-state index contributed by atoms with van der Waals surface area (Å²) in [6.45, 7) is 1.83. The monoisotopic (exact) mass is 211 g/mol. The minimum atomic E-state index is -4.57. The largest absolute Gasteiger partial charge is 0.441 e. The molecule has 78 valence electrons. The number of hydrogen-bond acceptors (Lipinski definition) is 1. The van der Waals surface area contributed by atoms with Crippen LogP contribution in [0.5, 0.6) is 0 Å². The van der Waals surface area contributed by atoms with Gasteiger partial charge in [0.05, 0.1) is 5.69 Å². The van der Waals surface area contributed by atoms with Gasteiger partial charge in [-0.25, -0.2) is 4.99 Å². The number of alkyl halides is 3. The maximum absolute atomic E-state index is 12.2. The van der Waals surface area contributed by atoms with Gasteiger partial charge in [-0.05, 0) is 25.0 Å². The highest BCUT2D eigenvalue weighted by atomic mass is 19.4. The van der Waals surface area contributed by atoms with Crippen molar-refractivity contribution in [3.63, 3.8) is 0 Å². The van der Waals surface area contributed by atoms with Crippen molar-refractivity contribution >= 4 is 11.4 Å². The van der Waals surface area contributed by atoms with Crippen LogP contribution < -0.4 is 0 Å². The molecule has 0 fully saturated rings. The van der Waals surface area contributed by atoms with Crippen molar-refractivity contribution < 1.29 is 13.2 Å². The molecule has 0 atom stereocenters. The molecule has 0 heterocycles. The number of nitrogens with zero attached hydrogens (tertiary/aromatic N) is 1. The first-order chi connectivity index (χ1) is 6.93. The fraction of sp³-hybridized carbons (Fsp3) is 0.182. The van der Waals surface area contributed by atoms with Crippen molar-refractivity contribution in [1.29, 1.82) is 0 Å². The molecule has 0 unspecified atom stereocenters. The average Bonchev–Trinajstić information content (AvgIpc) is 2.15. The molecule has 0 spiro atoms. The Labute approximate surface area is 85.6 Å². The molecule has 1 nitrogen and oxygen atoms in total. The zero-order valence-electron chi connectivity index (χ0n) is 7.97. The summed E-state index contributed by atoms with van der Waals surface area (Å²) < 4.78 is 36.6. The second-order valence-electron chi connectivity index (χ2n) is 2.94. The Hall–Kier alpha value is -1.76. The number of halogens is 3. The Kier molecular flexibility index (Phi) is 3.15. The lowest BCUT2D eigenvalue weighted by atomic mass is 10.2. The van der Waals surface area contributed by atoms with Crippen molar-refractivity contribution in [3.8, 4) is 12.3 Å². The maximum atomic E-state index is 12.2. The molecule has 4 heteroatoms. The van der Waals surface area contributed by atoms with Crippen LogP contribution in [-0.2, 0) is 0 Å². The number of rotatable bonds is 1. The molecule has 1 rings (SSSR count). The molecule has 1 aromatic carbocycles. The van der Waals surface area contributed by atoms with E-state index in [0.717, 1.165) is 5.56 Å². The van der Waals surface area contributed by atoms with E-state index in [1.807, 2.05) is 6.92 Å². The highest BCUT2D eigenvalue weighted by Crippen LogP contribution is 2.21. The quantitative estimate of drug-likeness (QED) is 0.499. The predicted molar refractivity (Wildman–Crippen MR) is 53.2 cm³/mol. The lowest BCUT2D eigenvalue weighted by Gasteiger charge is -2.04. The zero-order valence-corrected chi connectivity index (χ0v) is 7.97. The molecule has 0 amide bonds. The third-order valence-electron chi connectivity index (χ3n) is 1.68. The molecule has 0 radical (unpaired) electrons. The van der Waals surface area contributed by atoms with E-state index in [1.165, 1.54) is 18.1 Å². The summed E-state index contributed by atoms with van der Waals surface area (Å²) in [6, 6.07) is 6.31. The highest BCUT2D eigenvalue weighted by molar-refractivity contribution is 6.05. The van der Waals surface area contributed by atoms with E-state index in [1.54, 1.807) is 12.1 Å². The van der Waals surface area contributed by atoms with Crippen molar-refractivity contribution in [1.82, 2.24) is 0 Å². The Morgan fingerprint density at radius 1 is 1.27 bits per heavy atom. The van der Waals surface area contributed by atoms with Crippen LogP contribution in [0.2, 0.25) is 0 Å². The zero-order chi connectivity index (χ0) is 11.5. The minimum Gasteiger partial charge on any atom is -0.235 e. The molecule has 0 aliphatic carbocycles. The molecule has 15 heavy (non-hydrogen) atoms. The summed E-state index contributed by atoms with van der Waals surface area (Å²) in [5.74, 6) is 1.53. The van der Waals surface area contributed by atoms with Crippen LogP contribution in [0.4, 0.5) is 18.9 Å². The summed E-state index contributed by atoms with van der Waals surface area (Å²) in [6.07, 6.45) is 0.166. The van der Waals surface area contributed by atoms with E-state index >= 15 is 0 Å². The van der Waals surface area contributed by atoms with Crippen molar-refractivity contribution in [3.05, 3.63) is 29.8 Å². The van der Waals surface area contributed by atoms with Gasteiger partial charge in [0.15, 0.2) is 5.71 Å². The van der Waals surface area contributed by atoms with Gasteiger partial charge in [-0.15, -0.1) is 6.42 Å². The molecule has 1 aromatic rings. The van der Waals surface area contributed by atoms with Gasteiger partial charge < -0.3 is 0 Å². The van der Waals surface area contributed by atoms with Crippen LogP contribution in [0.25, 0.3) is 0 Å². The second kappa shape index (κ2) is 4.18. The maximum Gasteiger partial charge on any atom is 0.441 e. The lowest BCUT2D eigenvalue weighted by molar-refractivity contribution is -0.0571. The Morgan fingerprint density at radius 3 is 2.20 bits per heavy atom. The Bertz CT molecular complexity index is 407. The molecule has 0 saturated heterocycles. The minimum absolute atomic E-state index is 0.200. The summed E-state index contributed by atoms with van der Waals surface area (Å²) in [5.41, 5.74) is -0.0690. The topological polar surface area (TPSA) is 12.4 Å². The van der Waals surface area contributed by atoms with E-state index in [0.29, 0.717) is 0 Å². The molecule has 0 bridgehead atoms. The number of hydrogen-bond donors (Lipinski definition) is 0. The summed E-state index contributed by atoms with van der Waals surface area (Å²) >= 11 is 0. The molecule has 0 aromatic heterocycles. The van der Waals surface area contributed by atoms with Crippen LogP contribution in [-0.4, -0.2) is 11.9 Å². The van der Waals surface area contributed by atoms with Gasteiger partial charge in [-0.3, -0.25) is 0 Å². The first-order valence-electron chi connectivity index (χ1n) is 4.12. The molecule has 0 saturated carbocycles. The standard InChI is InChI=1S/C11H8F3N/c1-3-10(11(12,13)14)15-9-6-4-8(2)5-7-9/h1,4-7H,2H3. The van der Waals surface area contributed by atoms with E-state index in [4.69, 9.17) is 6.42 Å². The number of aliphatic imine (C=N–C) groups is 1. The molecule has 0 N–H and O–H groups in total. The predicted octanol–water partition coefficient (Wildman–Crippen LogP) is 3.26. The fourth-order valence-electron chi connectivity index (χ4n) is 0.926. The smallest absolute Gasteiger partial charge is 0.235 e. The number of terminal acetylenes is 1. The highest BCUT2D eigenvalue weighted by Gasteiger charge is 2.34. The van der Waals surface area contributed by atoms with E-state index < -0.39 is 11.9 Å². The van der Waals surface area contributed by atoms with Crippen LogP contribution in [0, 0.1) is 19.3 Å². The van der Waals surface area contributed by atoms with Gasteiger partial charge in [-0.1, -0.05) is 17.7 Å². The van der Waals surface area contributed by atoms with E-state index in [9.17, 15) is 13.2 Å². The average molecular weight is 211 g/mol. The first kappa shape index (κ1) is 11.3. The van der Waals surface area contributed by atoms with Gasteiger partial charge in [-0.2, -0.15) is 13.2 Å². The SMILES string of the molecule is C#CC(=Nc1ccc(C)cc1)C(F)(F)F. The molecular weight excluding hydrogens is 203 g/mol. The van der Waals surface area contributed by atoms with E-state index in [2.05, 4.69) is 4.99 Å². The summed E-state index contributed by atoms with van der Waals surface area (Å²) in [5, 5.41) is 0. The first-order valence-corrected chi connectivity index (χ1v) is 4.12. The van der Waals surface area contributed by atoms with Gasteiger partial charge in [0, 0.05) is 0 Å². The molecular formula is C11H8F3N. The molecule has 0 aliphatic heterocycles. The normalized spacial score (nSPS) is 12.3. The molecule has 0 aliphatic rings. The van der Waals surface area contributed by atoms with Gasteiger partial charge >= 0.3 is 6.18 Å². The number of aryl methyl sites for hydroxylation is 1. The van der Waals surface area contributed by atoms with Gasteiger partial charge in [0.25, 0.3) is 0 Å². The summed E-state index contributed by atoms with van der Waals surface area (Å²) in [4.78, 5) is 3.34. The second-order valence-corrected chi connectivity index (χ2v) is 2.94. The summed E-state index contributed by atoms with van der Waals surface area (Å²) in [7, 11) is 0. The Morgan fingerprint density at radius 2 is 1.80 bits per heavy atom. The van der Waals surface area contributed by atoms with Crippen molar-refractivity contribution in [2.24, 2.45) is 4.99 Å². The van der Waals surface area contributed by atoms with Gasteiger partial charge in [0.1, 0.15) is 0 Å². The van der Waals surface area contributed by atoms with Crippen molar-refractivity contribution in [2.75, 3.05) is 0 Å².